The number of nitrogens with zero attached hydrogens (tertiary/aromatic N) is 2. The molecule has 0 amide bonds. The zero-order valence-corrected chi connectivity index (χ0v) is 16.2. The molecule has 5 nitrogen and oxygen atoms in total. The minimum absolute atomic E-state index is 0.0141. The average Bonchev–Trinajstić information content (AvgIpc) is 3.62. The van der Waals surface area contributed by atoms with Gasteiger partial charge in [-0.1, -0.05) is 12.1 Å². The van der Waals surface area contributed by atoms with Crippen molar-refractivity contribution < 1.29 is 9.13 Å². The van der Waals surface area contributed by atoms with Crippen LogP contribution in [0.2, 0.25) is 0 Å². The Morgan fingerprint density at radius 1 is 1.25 bits per heavy atom. The van der Waals surface area contributed by atoms with E-state index in [-0.39, 0.29) is 11.2 Å². The van der Waals surface area contributed by atoms with Crippen molar-refractivity contribution in [2.75, 3.05) is 20.2 Å². The van der Waals surface area contributed by atoms with Crippen LogP contribution >= 0.6 is 0 Å². The molecule has 0 bridgehead atoms. The zero-order chi connectivity index (χ0) is 19.4. The predicted octanol–water partition coefficient (Wildman–Crippen LogP) is 3.41. The number of nitrogens with one attached hydrogen (secondary N) is 2. The highest BCUT2D eigenvalue weighted by Gasteiger charge is 2.44. The fourth-order valence-corrected chi connectivity index (χ4v) is 3.32. The van der Waals surface area contributed by atoms with Gasteiger partial charge in [-0.25, -0.2) is 9.37 Å². The molecule has 0 saturated heterocycles. The highest BCUT2D eigenvalue weighted by Crippen LogP contribution is 2.47. The first-order valence-corrected chi connectivity index (χ1v) is 9.95. The SMILES string of the molecule is CN=C(NCc1ccnc(OCC2CC2)c1)NCC1(c2cccc(F)c2)CC1. The van der Waals surface area contributed by atoms with Crippen molar-refractivity contribution in [2.24, 2.45) is 10.9 Å². The second-order valence-electron chi connectivity index (χ2n) is 7.83. The van der Waals surface area contributed by atoms with Gasteiger partial charge in [0.25, 0.3) is 0 Å². The van der Waals surface area contributed by atoms with Crippen molar-refractivity contribution >= 4 is 5.96 Å². The Bertz CT molecular complexity index is 846. The van der Waals surface area contributed by atoms with Gasteiger partial charge in [0.1, 0.15) is 5.82 Å². The van der Waals surface area contributed by atoms with E-state index in [1.54, 1.807) is 25.4 Å². The maximum Gasteiger partial charge on any atom is 0.213 e. The van der Waals surface area contributed by atoms with Crippen LogP contribution in [-0.2, 0) is 12.0 Å². The number of halogens is 1. The Balaban J connectivity index is 1.29. The van der Waals surface area contributed by atoms with Gasteiger partial charge < -0.3 is 15.4 Å². The predicted molar refractivity (Wildman–Crippen MR) is 108 cm³/mol. The van der Waals surface area contributed by atoms with Crippen molar-refractivity contribution in [1.82, 2.24) is 15.6 Å². The quantitative estimate of drug-likeness (QED) is 0.543. The summed E-state index contributed by atoms with van der Waals surface area (Å²) in [5.41, 5.74) is 2.16. The van der Waals surface area contributed by atoms with Crippen LogP contribution in [0, 0.1) is 11.7 Å². The first kappa shape index (κ1) is 18.7. The third kappa shape index (κ3) is 4.80. The second kappa shape index (κ2) is 8.17. The van der Waals surface area contributed by atoms with E-state index in [1.807, 2.05) is 18.2 Å². The number of guanidine groups is 1. The van der Waals surface area contributed by atoms with E-state index in [9.17, 15) is 4.39 Å². The molecule has 0 unspecified atom stereocenters. The molecule has 4 rings (SSSR count). The maximum absolute atomic E-state index is 13.6. The smallest absolute Gasteiger partial charge is 0.213 e. The lowest BCUT2D eigenvalue weighted by molar-refractivity contribution is 0.288. The van der Waals surface area contributed by atoms with Crippen LogP contribution in [-0.4, -0.2) is 31.1 Å². The molecule has 2 saturated carbocycles. The lowest BCUT2D eigenvalue weighted by Crippen LogP contribution is -2.40. The maximum atomic E-state index is 13.6. The Kier molecular flexibility index (Phi) is 5.46. The van der Waals surface area contributed by atoms with Crippen molar-refractivity contribution in [3.8, 4) is 5.88 Å². The molecule has 2 aliphatic carbocycles. The summed E-state index contributed by atoms with van der Waals surface area (Å²) in [7, 11) is 1.76. The fraction of sp³-hybridized carbons (Fsp3) is 0.455. The van der Waals surface area contributed by atoms with Crippen LogP contribution in [0.5, 0.6) is 5.88 Å². The summed E-state index contributed by atoms with van der Waals surface area (Å²) in [6, 6.07) is 10.9. The zero-order valence-electron chi connectivity index (χ0n) is 16.2. The van der Waals surface area contributed by atoms with E-state index in [1.165, 1.54) is 18.9 Å². The van der Waals surface area contributed by atoms with Crippen molar-refractivity contribution in [2.45, 2.75) is 37.6 Å². The lowest BCUT2D eigenvalue weighted by atomic mass is 9.96. The third-order valence-electron chi connectivity index (χ3n) is 5.53. The molecule has 0 spiro atoms. The average molecular weight is 382 g/mol. The van der Waals surface area contributed by atoms with Gasteiger partial charge in [0.05, 0.1) is 6.61 Å². The highest BCUT2D eigenvalue weighted by atomic mass is 19.1. The minimum atomic E-state index is -0.177. The summed E-state index contributed by atoms with van der Waals surface area (Å²) < 4.78 is 19.3. The molecule has 2 aromatic rings. The van der Waals surface area contributed by atoms with Crippen molar-refractivity contribution in [3.63, 3.8) is 0 Å². The number of hydrogen-bond donors (Lipinski definition) is 2. The Morgan fingerprint density at radius 2 is 2.11 bits per heavy atom. The summed E-state index contributed by atoms with van der Waals surface area (Å²) in [4.78, 5) is 8.59. The summed E-state index contributed by atoms with van der Waals surface area (Å²) >= 11 is 0. The van der Waals surface area contributed by atoms with Gasteiger partial charge in [0.15, 0.2) is 5.96 Å². The Hall–Kier alpha value is -2.63. The summed E-state index contributed by atoms with van der Waals surface area (Å²) in [6.45, 7) is 2.13. The van der Waals surface area contributed by atoms with Crippen LogP contribution in [0.15, 0.2) is 47.6 Å². The number of aromatic nitrogens is 1. The molecule has 28 heavy (non-hydrogen) atoms. The summed E-state index contributed by atoms with van der Waals surface area (Å²) in [6.07, 6.45) is 6.43. The highest BCUT2D eigenvalue weighted by molar-refractivity contribution is 5.79. The summed E-state index contributed by atoms with van der Waals surface area (Å²) in [5, 5.41) is 6.73. The molecule has 2 fully saturated rings. The number of aliphatic imine (C=N–C) groups is 1. The van der Waals surface area contributed by atoms with Crippen LogP contribution < -0.4 is 15.4 Å². The summed E-state index contributed by atoms with van der Waals surface area (Å²) in [5.74, 6) is 1.94. The van der Waals surface area contributed by atoms with Gasteiger partial charge in [-0.05, 0) is 60.9 Å². The van der Waals surface area contributed by atoms with Crippen LogP contribution in [0.3, 0.4) is 0 Å². The molecular weight excluding hydrogens is 355 g/mol. The number of ether oxygens (including phenoxy) is 1. The molecule has 0 aliphatic heterocycles. The monoisotopic (exact) mass is 382 g/mol. The molecule has 0 radical (unpaired) electrons. The van der Waals surface area contributed by atoms with E-state index in [0.717, 1.165) is 43.1 Å². The van der Waals surface area contributed by atoms with Crippen LogP contribution in [0.25, 0.3) is 0 Å². The second-order valence-corrected chi connectivity index (χ2v) is 7.83. The lowest BCUT2D eigenvalue weighted by Gasteiger charge is -2.19. The molecule has 2 N–H and O–H groups in total. The Morgan fingerprint density at radius 3 is 2.82 bits per heavy atom. The van der Waals surface area contributed by atoms with Gasteiger partial charge in [0, 0.05) is 37.8 Å². The van der Waals surface area contributed by atoms with Gasteiger partial charge in [-0.3, -0.25) is 4.99 Å². The molecule has 1 aromatic carbocycles. The molecule has 2 aliphatic rings. The van der Waals surface area contributed by atoms with Gasteiger partial charge >= 0.3 is 0 Å². The number of pyridine rings is 1. The van der Waals surface area contributed by atoms with Gasteiger partial charge in [0.2, 0.25) is 5.88 Å². The third-order valence-corrected chi connectivity index (χ3v) is 5.53. The van der Waals surface area contributed by atoms with Gasteiger partial charge in [-0.2, -0.15) is 0 Å². The van der Waals surface area contributed by atoms with E-state index in [0.29, 0.717) is 18.3 Å². The van der Waals surface area contributed by atoms with E-state index in [2.05, 4.69) is 20.6 Å². The van der Waals surface area contributed by atoms with Gasteiger partial charge in [-0.15, -0.1) is 0 Å². The number of hydrogen-bond acceptors (Lipinski definition) is 3. The van der Waals surface area contributed by atoms with Crippen molar-refractivity contribution in [3.05, 3.63) is 59.5 Å². The van der Waals surface area contributed by atoms with Crippen LogP contribution in [0.1, 0.15) is 36.8 Å². The molecule has 1 heterocycles. The van der Waals surface area contributed by atoms with Crippen LogP contribution in [0.4, 0.5) is 4.39 Å². The topological polar surface area (TPSA) is 58.5 Å². The van der Waals surface area contributed by atoms with E-state index < -0.39 is 0 Å². The Labute approximate surface area is 165 Å². The number of rotatable bonds is 8. The van der Waals surface area contributed by atoms with E-state index in [4.69, 9.17) is 4.74 Å². The number of benzene rings is 1. The fourth-order valence-electron chi connectivity index (χ4n) is 3.32. The first-order chi connectivity index (χ1) is 13.7. The largest absolute Gasteiger partial charge is 0.477 e. The molecule has 148 valence electrons. The minimum Gasteiger partial charge on any atom is -0.477 e. The molecule has 6 heteroatoms. The standard InChI is InChI=1S/C22H27FN4O/c1-24-21(27-15-22(8-9-22)18-3-2-4-19(23)12-18)26-13-17-7-10-25-20(11-17)28-14-16-5-6-16/h2-4,7,10-12,16H,5-6,8-9,13-15H2,1H3,(H2,24,26,27). The normalized spacial score (nSPS) is 17.9. The molecule has 0 atom stereocenters. The van der Waals surface area contributed by atoms with Crippen molar-refractivity contribution in [1.29, 1.82) is 0 Å². The molecular formula is C22H27FN4O. The van der Waals surface area contributed by atoms with E-state index >= 15 is 0 Å². The molecule has 1 aromatic heterocycles. The first-order valence-electron chi connectivity index (χ1n) is 9.95.